The molecule has 0 aliphatic carbocycles. The maximum Gasteiger partial charge on any atom is 0.278 e. The molecular weight excluding hydrogens is 460 g/mol. The molecule has 0 atom stereocenters. The molecule has 2 N–H and O–H groups in total. The van der Waals surface area contributed by atoms with E-state index in [2.05, 4.69) is 21.1 Å². The van der Waals surface area contributed by atoms with Crippen molar-refractivity contribution in [2.75, 3.05) is 10.9 Å². The largest absolute Gasteiger partial charge is 0.279 e. The standard InChI is InChI=1S/2C13H11N3O2/c2*17-16(18)13-9-5-4-6-11(13)10-14-15-12-7-2-1-3-8-12/h2*1-10,15H/b2*14-10+. The molecule has 4 aromatic rings. The maximum absolute atomic E-state index is 10.8. The van der Waals surface area contributed by atoms with Crippen molar-refractivity contribution in [2.24, 2.45) is 10.2 Å². The third kappa shape index (κ3) is 7.89. The number of rotatable bonds is 8. The molecule has 0 aromatic heterocycles. The minimum Gasteiger partial charge on any atom is -0.279 e. The summed E-state index contributed by atoms with van der Waals surface area (Å²) >= 11 is 0. The van der Waals surface area contributed by atoms with Crippen LogP contribution in [-0.4, -0.2) is 22.3 Å². The third-order valence-corrected chi connectivity index (χ3v) is 4.61. The van der Waals surface area contributed by atoms with Crippen LogP contribution in [0.3, 0.4) is 0 Å². The zero-order valence-corrected chi connectivity index (χ0v) is 19.0. The van der Waals surface area contributed by atoms with E-state index in [1.54, 1.807) is 36.4 Å². The molecule has 0 aliphatic rings. The second kappa shape index (κ2) is 13.4. The molecule has 0 saturated heterocycles. The summed E-state index contributed by atoms with van der Waals surface area (Å²) < 4.78 is 0. The monoisotopic (exact) mass is 482 g/mol. The van der Waals surface area contributed by atoms with Gasteiger partial charge in [0.15, 0.2) is 0 Å². The number of nitrogens with zero attached hydrogens (tertiary/aromatic N) is 4. The van der Waals surface area contributed by atoms with Crippen LogP contribution in [0.25, 0.3) is 0 Å². The number of nitro groups is 2. The molecule has 0 radical (unpaired) electrons. The van der Waals surface area contributed by atoms with E-state index < -0.39 is 9.85 Å². The van der Waals surface area contributed by atoms with Gasteiger partial charge in [-0.15, -0.1) is 0 Å². The van der Waals surface area contributed by atoms with Crippen LogP contribution in [0.15, 0.2) is 119 Å². The Morgan fingerprint density at radius 1 is 0.528 bits per heavy atom. The van der Waals surface area contributed by atoms with Gasteiger partial charge in [-0.3, -0.25) is 31.1 Å². The molecule has 36 heavy (non-hydrogen) atoms. The average molecular weight is 483 g/mol. The zero-order valence-electron chi connectivity index (χ0n) is 19.0. The van der Waals surface area contributed by atoms with Gasteiger partial charge in [0.05, 0.1) is 44.8 Å². The van der Waals surface area contributed by atoms with Gasteiger partial charge in [-0.2, -0.15) is 10.2 Å². The number of benzene rings is 4. The molecule has 4 aromatic carbocycles. The Morgan fingerprint density at radius 3 is 1.22 bits per heavy atom. The Hall–Kier alpha value is -5.38. The maximum atomic E-state index is 10.8. The van der Waals surface area contributed by atoms with Crippen molar-refractivity contribution in [3.63, 3.8) is 0 Å². The minimum atomic E-state index is -0.427. The van der Waals surface area contributed by atoms with E-state index in [-0.39, 0.29) is 11.4 Å². The molecule has 0 amide bonds. The van der Waals surface area contributed by atoms with Gasteiger partial charge >= 0.3 is 0 Å². The molecule has 0 heterocycles. The number of hydrogen-bond acceptors (Lipinski definition) is 8. The second-order valence-electron chi connectivity index (χ2n) is 7.10. The van der Waals surface area contributed by atoms with Crippen molar-refractivity contribution in [3.8, 4) is 0 Å². The summed E-state index contributed by atoms with van der Waals surface area (Å²) in [5.74, 6) is 0. The van der Waals surface area contributed by atoms with Gasteiger partial charge in [-0.25, -0.2) is 0 Å². The zero-order chi connectivity index (χ0) is 25.6. The lowest BCUT2D eigenvalue weighted by molar-refractivity contribution is -0.385. The first-order valence-electron chi connectivity index (χ1n) is 10.7. The lowest BCUT2D eigenvalue weighted by Crippen LogP contribution is -1.95. The molecule has 0 spiro atoms. The van der Waals surface area contributed by atoms with E-state index in [4.69, 9.17) is 0 Å². The number of nitrogens with one attached hydrogen (secondary N) is 2. The number of nitro benzene ring substituents is 2. The first kappa shape index (κ1) is 25.2. The van der Waals surface area contributed by atoms with Crippen LogP contribution in [-0.2, 0) is 0 Å². The minimum absolute atomic E-state index is 0.0381. The molecule has 0 unspecified atom stereocenters. The Bertz CT molecular complexity index is 1240. The topological polar surface area (TPSA) is 135 Å². The van der Waals surface area contributed by atoms with E-state index in [0.717, 1.165) is 11.4 Å². The Kier molecular flexibility index (Phi) is 9.37. The highest BCUT2D eigenvalue weighted by atomic mass is 16.6. The van der Waals surface area contributed by atoms with Gasteiger partial charge in [-0.1, -0.05) is 60.7 Å². The lowest BCUT2D eigenvalue weighted by atomic mass is 10.2. The van der Waals surface area contributed by atoms with E-state index in [1.807, 2.05) is 60.7 Å². The lowest BCUT2D eigenvalue weighted by Gasteiger charge is -1.99. The quantitative estimate of drug-likeness (QED) is 0.177. The van der Waals surface area contributed by atoms with Crippen LogP contribution < -0.4 is 10.9 Å². The molecule has 4 rings (SSSR count). The van der Waals surface area contributed by atoms with Gasteiger partial charge in [0.2, 0.25) is 0 Å². The molecule has 10 heteroatoms. The van der Waals surface area contributed by atoms with Gasteiger partial charge in [0.25, 0.3) is 11.4 Å². The molecule has 0 saturated carbocycles. The van der Waals surface area contributed by atoms with Gasteiger partial charge < -0.3 is 0 Å². The van der Waals surface area contributed by atoms with Crippen molar-refractivity contribution in [3.05, 3.63) is 141 Å². The van der Waals surface area contributed by atoms with Crippen LogP contribution in [0, 0.1) is 20.2 Å². The van der Waals surface area contributed by atoms with Crippen molar-refractivity contribution in [1.29, 1.82) is 0 Å². The first-order chi connectivity index (χ1) is 17.5. The Labute approximate surface area is 206 Å². The van der Waals surface area contributed by atoms with Gasteiger partial charge in [0.1, 0.15) is 0 Å². The third-order valence-electron chi connectivity index (χ3n) is 4.61. The van der Waals surface area contributed by atoms with Crippen LogP contribution in [0.1, 0.15) is 11.1 Å². The molecule has 10 nitrogen and oxygen atoms in total. The summed E-state index contributed by atoms with van der Waals surface area (Å²) in [6, 6.07) is 31.6. The predicted octanol–water partition coefficient (Wildman–Crippen LogP) is 6.08. The predicted molar refractivity (Wildman–Crippen MR) is 142 cm³/mol. The highest BCUT2D eigenvalue weighted by Crippen LogP contribution is 2.16. The fourth-order valence-corrected chi connectivity index (χ4v) is 2.90. The summed E-state index contributed by atoms with van der Waals surface area (Å²) in [6.45, 7) is 0. The summed E-state index contributed by atoms with van der Waals surface area (Å²) in [4.78, 5) is 20.7. The molecule has 0 bridgehead atoms. The first-order valence-corrected chi connectivity index (χ1v) is 10.7. The summed E-state index contributed by atoms with van der Waals surface area (Å²) in [7, 11) is 0. The van der Waals surface area contributed by atoms with E-state index in [1.165, 1.54) is 24.6 Å². The van der Waals surface area contributed by atoms with E-state index >= 15 is 0 Å². The Morgan fingerprint density at radius 2 is 0.861 bits per heavy atom. The second-order valence-corrected chi connectivity index (χ2v) is 7.10. The van der Waals surface area contributed by atoms with Gasteiger partial charge in [0, 0.05) is 12.1 Å². The normalized spacial score (nSPS) is 10.4. The summed E-state index contributed by atoms with van der Waals surface area (Å²) in [5.41, 5.74) is 8.27. The van der Waals surface area contributed by atoms with Crippen LogP contribution in [0.5, 0.6) is 0 Å². The average Bonchev–Trinajstić information content (AvgIpc) is 2.91. The highest BCUT2D eigenvalue weighted by Gasteiger charge is 2.10. The number of anilines is 2. The number of para-hydroxylation sites is 4. The van der Waals surface area contributed by atoms with Crippen molar-refractivity contribution >= 4 is 35.2 Å². The van der Waals surface area contributed by atoms with Crippen LogP contribution in [0.2, 0.25) is 0 Å². The SMILES string of the molecule is O=[N+]([O-])c1ccccc1/C=N/Nc1ccccc1.O=[N+]([O-])c1ccccc1/C=N/Nc1ccccc1. The van der Waals surface area contributed by atoms with Crippen molar-refractivity contribution in [2.45, 2.75) is 0 Å². The molecular formula is C26H22N6O4. The fourth-order valence-electron chi connectivity index (χ4n) is 2.90. The van der Waals surface area contributed by atoms with Crippen LogP contribution in [0.4, 0.5) is 22.7 Å². The van der Waals surface area contributed by atoms with Crippen molar-refractivity contribution < 1.29 is 9.85 Å². The summed E-state index contributed by atoms with van der Waals surface area (Å²) in [5, 5.41) is 29.5. The van der Waals surface area contributed by atoms with E-state index in [0.29, 0.717) is 11.1 Å². The molecule has 0 aliphatic heterocycles. The Balaban J connectivity index is 0.000000201. The molecule has 180 valence electrons. The fraction of sp³-hybridized carbons (Fsp3) is 0. The summed E-state index contributed by atoms with van der Waals surface area (Å²) in [6.07, 6.45) is 2.87. The smallest absolute Gasteiger partial charge is 0.278 e. The molecule has 0 fully saturated rings. The number of hydrogen-bond donors (Lipinski definition) is 2. The number of hydrazone groups is 2. The van der Waals surface area contributed by atoms with Gasteiger partial charge in [-0.05, 0) is 36.4 Å². The van der Waals surface area contributed by atoms with Crippen molar-refractivity contribution in [1.82, 2.24) is 0 Å². The van der Waals surface area contributed by atoms with Crippen LogP contribution >= 0.6 is 0 Å². The highest BCUT2D eigenvalue weighted by molar-refractivity contribution is 5.86. The van der Waals surface area contributed by atoms with E-state index in [9.17, 15) is 20.2 Å².